The molecule has 1 aromatic carbocycles. The molecule has 4 rings (SSSR count). The van der Waals surface area contributed by atoms with Crippen molar-refractivity contribution in [3.8, 4) is 0 Å². The highest BCUT2D eigenvalue weighted by Crippen LogP contribution is 2.41. The summed E-state index contributed by atoms with van der Waals surface area (Å²) in [7, 11) is 0. The second-order valence-electron chi connectivity index (χ2n) is 8.01. The van der Waals surface area contributed by atoms with Crippen molar-refractivity contribution >= 4 is 11.9 Å². The molecule has 0 saturated carbocycles. The monoisotopic (exact) mass is 453 g/mol. The van der Waals surface area contributed by atoms with Gasteiger partial charge in [-0.15, -0.1) is 0 Å². The van der Waals surface area contributed by atoms with Gasteiger partial charge in [-0.1, -0.05) is 18.2 Å². The lowest BCUT2D eigenvalue weighted by molar-refractivity contribution is -0.192. The second kappa shape index (κ2) is 9.64. The Kier molecular flexibility index (Phi) is 7.12. The van der Waals surface area contributed by atoms with Gasteiger partial charge in [-0.3, -0.25) is 14.7 Å². The van der Waals surface area contributed by atoms with Crippen LogP contribution in [0.15, 0.2) is 48.8 Å². The Morgan fingerprint density at radius 2 is 1.78 bits per heavy atom. The summed E-state index contributed by atoms with van der Waals surface area (Å²) in [4.78, 5) is 30.3. The van der Waals surface area contributed by atoms with E-state index in [1.807, 2.05) is 23.2 Å². The number of hydrogen-bond acceptors (Lipinski definition) is 4. The van der Waals surface area contributed by atoms with Gasteiger partial charge in [0, 0.05) is 38.6 Å². The molecule has 2 fully saturated rings. The third-order valence-corrected chi connectivity index (χ3v) is 5.67. The molecule has 0 radical (unpaired) electrons. The van der Waals surface area contributed by atoms with E-state index in [0.29, 0.717) is 6.54 Å². The number of hydrogen-bond donors (Lipinski definition) is 1. The Labute approximate surface area is 182 Å². The molecule has 1 amide bonds. The van der Waals surface area contributed by atoms with Crippen molar-refractivity contribution in [2.24, 2.45) is 5.41 Å². The van der Waals surface area contributed by atoms with Crippen LogP contribution >= 0.6 is 0 Å². The lowest BCUT2D eigenvalue weighted by atomic mass is 9.85. The van der Waals surface area contributed by atoms with Gasteiger partial charge in [0.2, 0.25) is 5.91 Å². The van der Waals surface area contributed by atoms with Crippen LogP contribution in [0.25, 0.3) is 0 Å². The Bertz CT molecular complexity index is 955. The summed E-state index contributed by atoms with van der Waals surface area (Å²) < 4.78 is 45.1. The minimum Gasteiger partial charge on any atom is -0.475 e. The van der Waals surface area contributed by atoms with Gasteiger partial charge >= 0.3 is 12.1 Å². The Balaban J connectivity index is 0.000000360. The van der Waals surface area contributed by atoms with E-state index in [0.717, 1.165) is 44.6 Å². The van der Waals surface area contributed by atoms with Crippen molar-refractivity contribution < 1.29 is 32.3 Å². The van der Waals surface area contributed by atoms with Crippen molar-refractivity contribution in [3.63, 3.8) is 0 Å². The maximum absolute atomic E-state index is 13.4. The first-order chi connectivity index (χ1) is 15.1. The Morgan fingerprint density at radius 3 is 2.41 bits per heavy atom. The number of aromatic nitrogens is 1. The highest BCUT2D eigenvalue weighted by Gasteiger charge is 2.50. The molecule has 1 unspecified atom stereocenters. The number of carbonyl (C=O) groups excluding carboxylic acids is 1. The molecule has 3 heterocycles. The molecule has 2 aliphatic heterocycles. The van der Waals surface area contributed by atoms with Crippen LogP contribution in [0.5, 0.6) is 0 Å². The van der Waals surface area contributed by atoms with E-state index in [9.17, 15) is 22.4 Å². The quantitative estimate of drug-likeness (QED) is 0.718. The van der Waals surface area contributed by atoms with Gasteiger partial charge in [0.25, 0.3) is 0 Å². The molecule has 172 valence electrons. The topological polar surface area (TPSA) is 73.7 Å². The predicted octanol–water partition coefficient (Wildman–Crippen LogP) is 3.48. The molecule has 0 aliphatic carbocycles. The maximum atomic E-state index is 13.4. The maximum Gasteiger partial charge on any atom is 0.490 e. The van der Waals surface area contributed by atoms with Crippen molar-refractivity contribution in [1.82, 2.24) is 14.8 Å². The first-order valence-electron chi connectivity index (χ1n) is 10.0. The summed E-state index contributed by atoms with van der Waals surface area (Å²) in [5.41, 5.74) is 1.78. The van der Waals surface area contributed by atoms with Crippen LogP contribution in [0.2, 0.25) is 0 Å². The number of halogens is 4. The van der Waals surface area contributed by atoms with E-state index in [2.05, 4.69) is 16.0 Å². The van der Waals surface area contributed by atoms with Gasteiger partial charge in [0.15, 0.2) is 0 Å². The first-order valence-corrected chi connectivity index (χ1v) is 10.0. The van der Waals surface area contributed by atoms with Crippen molar-refractivity contribution in [1.29, 1.82) is 0 Å². The molecule has 1 aromatic heterocycles. The fourth-order valence-corrected chi connectivity index (χ4v) is 4.12. The molecule has 2 saturated heterocycles. The summed E-state index contributed by atoms with van der Waals surface area (Å²) in [6, 6.07) is 10.6. The van der Waals surface area contributed by atoms with Crippen molar-refractivity contribution in [2.75, 3.05) is 19.6 Å². The predicted molar refractivity (Wildman–Crippen MR) is 107 cm³/mol. The summed E-state index contributed by atoms with van der Waals surface area (Å²) in [6.45, 7) is 3.85. The lowest BCUT2D eigenvalue weighted by Crippen LogP contribution is -2.36. The first kappa shape index (κ1) is 23.6. The number of amides is 1. The number of carboxylic acid groups (broad SMARTS) is 1. The number of nitrogens with zero attached hydrogens (tertiary/aromatic N) is 3. The van der Waals surface area contributed by atoms with Gasteiger partial charge in [-0.25, -0.2) is 9.18 Å². The highest BCUT2D eigenvalue weighted by molar-refractivity contribution is 5.85. The third kappa shape index (κ3) is 5.82. The smallest absolute Gasteiger partial charge is 0.475 e. The average molecular weight is 453 g/mol. The summed E-state index contributed by atoms with van der Waals surface area (Å²) in [5, 5.41) is 7.12. The average Bonchev–Trinajstić information content (AvgIpc) is 3.27. The van der Waals surface area contributed by atoms with Gasteiger partial charge < -0.3 is 10.0 Å². The number of benzene rings is 1. The van der Waals surface area contributed by atoms with Gasteiger partial charge in [0.05, 0.1) is 5.41 Å². The van der Waals surface area contributed by atoms with Gasteiger partial charge in [0.1, 0.15) is 5.82 Å². The van der Waals surface area contributed by atoms with E-state index < -0.39 is 12.1 Å². The Morgan fingerprint density at radius 1 is 1.09 bits per heavy atom. The molecule has 2 aromatic rings. The van der Waals surface area contributed by atoms with Crippen LogP contribution in [-0.4, -0.2) is 57.6 Å². The van der Waals surface area contributed by atoms with E-state index in [-0.39, 0.29) is 17.1 Å². The number of rotatable bonds is 4. The fraction of sp³-hybridized carbons (Fsp3) is 0.409. The van der Waals surface area contributed by atoms with Crippen LogP contribution in [0, 0.1) is 11.2 Å². The van der Waals surface area contributed by atoms with Crippen LogP contribution in [0.3, 0.4) is 0 Å². The molecule has 32 heavy (non-hydrogen) atoms. The zero-order valence-electron chi connectivity index (χ0n) is 17.2. The van der Waals surface area contributed by atoms with Crippen LogP contribution in [0.1, 0.15) is 24.0 Å². The van der Waals surface area contributed by atoms with Gasteiger partial charge in [-0.2, -0.15) is 13.2 Å². The van der Waals surface area contributed by atoms with Crippen LogP contribution < -0.4 is 0 Å². The SMILES string of the molecule is O=C(O)C(F)(F)F.O=C1N(Cc2cccc(F)c2)CCC12CCN(Cc1cccnc1)C2. The number of pyridine rings is 1. The van der Waals surface area contributed by atoms with E-state index in [1.54, 1.807) is 12.3 Å². The largest absolute Gasteiger partial charge is 0.490 e. The number of alkyl halides is 3. The second-order valence-corrected chi connectivity index (χ2v) is 8.01. The molecule has 10 heteroatoms. The van der Waals surface area contributed by atoms with Crippen LogP contribution in [0.4, 0.5) is 17.6 Å². The number of aliphatic carboxylic acids is 1. The molecule has 1 N–H and O–H groups in total. The molecular formula is C22H23F4N3O3. The van der Waals surface area contributed by atoms with Crippen LogP contribution in [-0.2, 0) is 22.7 Å². The standard InChI is InChI=1S/C20H22FN3O.C2HF3O2/c21-18-5-1-3-16(11-18)14-24-10-7-20(19(24)25)6-9-23(15-20)13-17-4-2-8-22-12-17;3-2(4,5)1(6)7/h1-5,8,11-12H,6-7,9-10,13-15H2;(H,6,7). The lowest BCUT2D eigenvalue weighted by Gasteiger charge is -2.24. The van der Waals surface area contributed by atoms with E-state index >= 15 is 0 Å². The normalized spacial score (nSPS) is 21.0. The Hall–Kier alpha value is -3.01. The summed E-state index contributed by atoms with van der Waals surface area (Å²) in [6.07, 6.45) is 0.383. The minimum absolute atomic E-state index is 0.227. The molecule has 2 aliphatic rings. The van der Waals surface area contributed by atoms with Crippen molar-refractivity contribution in [3.05, 3.63) is 65.7 Å². The zero-order chi connectivity index (χ0) is 23.4. The summed E-state index contributed by atoms with van der Waals surface area (Å²) in [5.74, 6) is -2.78. The third-order valence-electron chi connectivity index (χ3n) is 5.67. The molecular weight excluding hydrogens is 430 g/mol. The fourth-order valence-electron chi connectivity index (χ4n) is 4.12. The van der Waals surface area contributed by atoms with Gasteiger partial charge in [-0.05, 0) is 48.7 Å². The van der Waals surface area contributed by atoms with E-state index in [4.69, 9.17) is 9.90 Å². The summed E-state index contributed by atoms with van der Waals surface area (Å²) >= 11 is 0. The van der Waals surface area contributed by atoms with Crippen molar-refractivity contribution in [2.45, 2.75) is 32.1 Å². The number of likely N-dealkylation sites (tertiary alicyclic amines) is 2. The number of carbonyl (C=O) groups is 2. The molecule has 1 spiro atoms. The molecule has 6 nitrogen and oxygen atoms in total. The van der Waals surface area contributed by atoms with E-state index in [1.165, 1.54) is 17.7 Å². The molecule has 1 atom stereocenters. The minimum atomic E-state index is -5.08. The zero-order valence-corrected chi connectivity index (χ0v) is 17.2. The highest BCUT2D eigenvalue weighted by atomic mass is 19.4. The molecule has 0 bridgehead atoms. The number of carboxylic acids is 1.